The smallest absolute Gasteiger partial charge is 0.199 e. The fraction of sp³-hybridized carbons (Fsp3) is 0.833. The summed E-state index contributed by atoms with van der Waals surface area (Å²) in [6.07, 6.45) is 9.98. The molecule has 3 heteroatoms. The Morgan fingerprint density at radius 1 is 1.27 bits per heavy atom. The van der Waals surface area contributed by atoms with Crippen LogP contribution in [0.4, 0.5) is 0 Å². The molecule has 0 aromatic carbocycles. The Morgan fingerprint density at radius 2 is 2.13 bits per heavy atom. The number of rotatable bonds is 4. The van der Waals surface area contributed by atoms with Gasteiger partial charge >= 0.3 is 0 Å². The van der Waals surface area contributed by atoms with Crippen molar-refractivity contribution in [3.63, 3.8) is 0 Å². The molecule has 2 aliphatic heterocycles. The number of piperidine rings is 1. The maximum Gasteiger partial charge on any atom is 0.199 e. The van der Waals surface area contributed by atoms with Gasteiger partial charge in [0, 0.05) is 13.0 Å². The second kappa shape index (κ2) is 6.13. The van der Waals surface area contributed by atoms with Crippen molar-refractivity contribution in [2.24, 2.45) is 0 Å². The van der Waals surface area contributed by atoms with E-state index in [2.05, 4.69) is 4.90 Å². The lowest BCUT2D eigenvalue weighted by molar-refractivity contribution is -0.118. The highest BCUT2D eigenvalue weighted by Crippen LogP contribution is 2.12. The lowest BCUT2D eigenvalue weighted by Gasteiger charge is -2.27. The van der Waals surface area contributed by atoms with Gasteiger partial charge in [-0.1, -0.05) is 6.42 Å². The van der Waals surface area contributed by atoms with E-state index in [4.69, 9.17) is 9.47 Å². The number of ether oxygens (including phenoxy) is 2. The SMILES string of the molecule is C1=COC(OCCN2CCCCC2)CC1. The highest BCUT2D eigenvalue weighted by Gasteiger charge is 2.13. The first-order valence-electron chi connectivity index (χ1n) is 6.09. The molecule has 15 heavy (non-hydrogen) atoms. The van der Waals surface area contributed by atoms with E-state index in [1.165, 1.54) is 32.4 Å². The zero-order valence-corrected chi connectivity index (χ0v) is 9.36. The molecule has 0 amide bonds. The number of hydrogen-bond acceptors (Lipinski definition) is 3. The minimum absolute atomic E-state index is 0.000194. The highest BCUT2D eigenvalue weighted by atomic mass is 16.7. The van der Waals surface area contributed by atoms with Crippen molar-refractivity contribution in [2.75, 3.05) is 26.2 Å². The molecular weight excluding hydrogens is 190 g/mol. The summed E-state index contributed by atoms with van der Waals surface area (Å²) in [5.41, 5.74) is 0. The normalized spacial score (nSPS) is 27.6. The van der Waals surface area contributed by atoms with Gasteiger partial charge in [-0.3, -0.25) is 0 Å². The Morgan fingerprint density at radius 3 is 2.87 bits per heavy atom. The first-order chi connectivity index (χ1) is 7.45. The van der Waals surface area contributed by atoms with Crippen molar-refractivity contribution < 1.29 is 9.47 Å². The van der Waals surface area contributed by atoms with Crippen LogP contribution in [0, 0.1) is 0 Å². The molecule has 0 radical (unpaired) electrons. The van der Waals surface area contributed by atoms with Crippen molar-refractivity contribution in [3.8, 4) is 0 Å². The van der Waals surface area contributed by atoms with Crippen LogP contribution in [-0.4, -0.2) is 37.4 Å². The predicted molar refractivity (Wildman–Crippen MR) is 59.5 cm³/mol. The zero-order valence-electron chi connectivity index (χ0n) is 9.36. The summed E-state index contributed by atoms with van der Waals surface area (Å²) in [6.45, 7) is 4.35. The Bertz CT molecular complexity index is 200. The first kappa shape index (κ1) is 11.0. The van der Waals surface area contributed by atoms with Crippen LogP contribution in [-0.2, 0) is 9.47 Å². The Balaban J connectivity index is 1.55. The van der Waals surface area contributed by atoms with E-state index in [-0.39, 0.29) is 6.29 Å². The van der Waals surface area contributed by atoms with Crippen molar-refractivity contribution in [2.45, 2.75) is 38.4 Å². The maximum absolute atomic E-state index is 5.67. The van der Waals surface area contributed by atoms with E-state index in [0.29, 0.717) is 0 Å². The molecule has 86 valence electrons. The molecular formula is C12H21NO2. The molecule has 2 heterocycles. The Hall–Kier alpha value is -0.540. The van der Waals surface area contributed by atoms with Crippen LogP contribution in [0.3, 0.4) is 0 Å². The monoisotopic (exact) mass is 211 g/mol. The van der Waals surface area contributed by atoms with Gasteiger partial charge in [0.1, 0.15) is 0 Å². The molecule has 1 saturated heterocycles. The average Bonchev–Trinajstić information content (AvgIpc) is 2.32. The molecule has 0 spiro atoms. The summed E-state index contributed by atoms with van der Waals surface area (Å²) < 4.78 is 11.0. The highest BCUT2D eigenvalue weighted by molar-refractivity contribution is 4.79. The molecule has 2 aliphatic rings. The maximum atomic E-state index is 5.67. The summed E-state index contributed by atoms with van der Waals surface area (Å²) in [4.78, 5) is 2.49. The fourth-order valence-corrected chi connectivity index (χ4v) is 2.13. The van der Waals surface area contributed by atoms with Crippen molar-refractivity contribution in [3.05, 3.63) is 12.3 Å². The van der Waals surface area contributed by atoms with E-state index in [1.54, 1.807) is 6.26 Å². The van der Waals surface area contributed by atoms with E-state index in [1.807, 2.05) is 6.08 Å². The molecule has 1 unspecified atom stereocenters. The summed E-state index contributed by atoms with van der Waals surface area (Å²) in [6, 6.07) is 0. The van der Waals surface area contributed by atoms with Crippen LogP contribution in [0.25, 0.3) is 0 Å². The van der Waals surface area contributed by atoms with Crippen molar-refractivity contribution >= 4 is 0 Å². The van der Waals surface area contributed by atoms with Gasteiger partial charge in [-0.2, -0.15) is 0 Å². The van der Waals surface area contributed by atoms with Gasteiger partial charge in [-0.25, -0.2) is 0 Å². The summed E-state index contributed by atoms with van der Waals surface area (Å²) >= 11 is 0. The van der Waals surface area contributed by atoms with E-state index in [9.17, 15) is 0 Å². The zero-order chi connectivity index (χ0) is 10.3. The standard InChI is InChI=1S/C12H21NO2/c1-3-7-13(8-4-1)9-11-15-12-6-2-5-10-14-12/h5,10,12H,1-4,6-9,11H2. The lowest BCUT2D eigenvalue weighted by Crippen LogP contribution is -2.33. The molecule has 1 atom stereocenters. The van der Waals surface area contributed by atoms with Gasteiger partial charge in [0.2, 0.25) is 0 Å². The third kappa shape index (κ3) is 3.84. The molecule has 0 aromatic rings. The minimum Gasteiger partial charge on any atom is -0.473 e. The van der Waals surface area contributed by atoms with Crippen molar-refractivity contribution in [1.82, 2.24) is 4.90 Å². The third-order valence-electron chi connectivity index (χ3n) is 3.06. The molecule has 0 aromatic heterocycles. The number of nitrogens with zero attached hydrogens (tertiary/aromatic N) is 1. The van der Waals surface area contributed by atoms with E-state index >= 15 is 0 Å². The van der Waals surface area contributed by atoms with Gasteiger partial charge in [-0.05, 0) is 38.4 Å². The first-order valence-corrected chi connectivity index (χ1v) is 6.09. The van der Waals surface area contributed by atoms with Gasteiger partial charge in [0.25, 0.3) is 0 Å². The van der Waals surface area contributed by atoms with Crippen LogP contribution < -0.4 is 0 Å². The minimum atomic E-state index is -0.000194. The van der Waals surface area contributed by atoms with E-state index in [0.717, 1.165) is 26.0 Å². The summed E-state index contributed by atoms with van der Waals surface area (Å²) in [5, 5.41) is 0. The molecule has 1 fully saturated rings. The lowest BCUT2D eigenvalue weighted by atomic mass is 10.1. The molecule has 3 nitrogen and oxygen atoms in total. The quantitative estimate of drug-likeness (QED) is 0.711. The molecule has 2 rings (SSSR count). The largest absolute Gasteiger partial charge is 0.473 e. The topological polar surface area (TPSA) is 21.7 Å². The number of hydrogen-bond donors (Lipinski definition) is 0. The third-order valence-corrected chi connectivity index (χ3v) is 3.06. The van der Waals surface area contributed by atoms with E-state index < -0.39 is 0 Å². The van der Waals surface area contributed by atoms with Crippen LogP contribution in [0.2, 0.25) is 0 Å². The van der Waals surface area contributed by atoms with Crippen LogP contribution in [0.5, 0.6) is 0 Å². The van der Waals surface area contributed by atoms with Crippen LogP contribution in [0.1, 0.15) is 32.1 Å². The Kier molecular flexibility index (Phi) is 4.48. The summed E-state index contributed by atoms with van der Waals surface area (Å²) in [7, 11) is 0. The predicted octanol–water partition coefficient (Wildman–Crippen LogP) is 2.14. The number of allylic oxidation sites excluding steroid dienone is 1. The van der Waals surface area contributed by atoms with Crippen molar-refractivity contribution in [1.29, 1.82) is 0 Å². The summed E-state index contributed by atoms with van der Waals surface area (Å²) in [5.74, 6) is 0. The molecule has 0 saturated carbocycles. The number of likely N-dealkylation sites (tertiary alicyclic amines) is 1. The van der Waals surface area contributed by atoms with Gasteiger partial charge in [0.15, 0.2) is 6.29 Å². The Labute approximate surface area is 92.0 Å². The molecule has 0 aliphatic carbocycles. The van der Waals surface area contributed by atoms with Crippen LogP contribution in [0.15, 0.2) is 12.3 Å². The fourth-order valence-electron chi connectivity index (χ4n) is 2.13. The second-order valence-electron chi connectivity index (χ2n) is 4.29. The van der Waals surface area contributed by atoms with Gasteiger partial charge < -0.3 is 14.4 Å². The molecule has 0 bridgehead atoms. The van der Waals surface area contributed by atoms with Gasteiger partial charge in [-0.15, -0.1) is 0 Å². The van der Waals surface area contributed by atoms with Crippen LogP contribution >= 0.6 is 0 Å². The second-order valence-corrected chi connectivity index (χ2v) is 4.29. The molecule has 0 N–H and O–H groups in total. The average molecular weight is 211 g/mol. The van der Waals surface area contributed by atoms with Gasteiger partial charge in [0.05, 0.1) is 12.9 Å².